The van der Waals surface area contributed by atoms with E-state index in [4.69, 9.17) is 9.72 Å². The number of fused-ring (bicyclic) bond motifs is 1. The highest BCUT2D eigenvalue weighted by Gasteiger charge is 2.18. The van der Waals surface area contributed by atoms with Gasteiger partial charge in [0, 0.05) is 17.4 Å². The second-order valence-electron chi connectivity index (χ2n) is 8.68. The molecule has 3 heterocycles. The molecule has 1 aliphatic rings. The number of pyridine rings is 2. The Morgan fingerprint density at radius 3 is 2.61 bits per heavy atom. The lowest BCUT2D eigenvalue weighted by molar-refractivity contribution is 0.255. The zero-order valence-corrected chi connectivity index (χ0v) is 19.0. The summed E-state index contributed by atoms with van der Waals surface area (Å²) in [6.45, 7) is 2.28. The fraction of sp³-hybridized carbons (Fsp3) is 0.259. The van der Waals surface area contributed by atoms with Crippen molar-refractivity contribution in [2.24, 2.45) is 0 Å². The maximum atomic E-state index is 12.7. The highest BCUT2D eigenvalue weighted by molar-refractivity contribution is 5.95. The Hall–Kier alpha value is -3.64. The molecule has 2 aromatic carbocycles. The van der Waals surface area contributed by atoms with Gasteiger partial charge >= 0.3 is 0 Å². The Balaban J connectivity index is 1.50. The minimum Gasteiger partial charge on any atom is -0.497 e. The van der Waals surface area contributed by atoms with Gasteiger partial charge in [0.25, 0.3) is 5.56 Å². The van der Waals surface area contributed by atoms with Crippen molar-refractivity contribution >= 4 is 22.3 Å². The van der Waals surface area contributed by atoms with E-state index in [0.29, 0.717) is 17.1 Å². The van der Waals surface area contributed by atoms with Gasteiger partial charge in [-0.1, -0.05) is 24.3 Å². The number of aromatic amines is 1. The quantitative estimate of drug-likeness (QED) is 0.449. The summed E-state index contributed by atoms with van der Waals surface area (Å²) in [5, 5.41) is 4.77. The number of rotatable bonds is 5. The van der Waals surface area contributed by atoms with Crippen LogP contribution in [0.15, 0.2) is 71.7 Å². The Morgan fingerprint density at radius 2 is 1.85 bits per heavy atom. The summed E-state index contributed by atoms with van der Waals surface area (Å²) < 4.78 is 5.37. The van der Waals surface area contributed by atoms with Crippen molar-refractivity contribution in [2.45, 2.75) is 18.8 Å². The lowest BCUT2D eigenvalue weighted by atomic mass is 9.89. The molecule has 5 rings (SSSR count). The molecule has 0 unspecified atom stereocenters. The van der Waals surface area contributed by atoms with Crippen LogP contribution in [0.4, 0.5) is 11.5 Å². The van der Waals surface area contributed by atoms with Gasteiger partial charge in [-0.05, 0) is 86.2 Å². The predicted molar refractivity (Wildman–Crippen MR) is 134 cm³/mol. The van der Waals surface area contributed by atoms with Crippen LogP contribution in [0.25, 0.3) is 22.0 Å². The minimum absolute atomic E-state index is 0.164. The van der Waals surface area contributed by atoms with Crippen molar-refractivity contribution in [1.82, 2.24) is 14.9 Å². The highest BCUT2D eigenvalue weighted by atomic mass is 16.5. The van der Waals surface area contributed by atoms with Crippen LogP contribution in [0.1, 0.15) is 24.3 Å². The molecular formula is C27H28N4O2. The third-order valence-electron chi connectivity index (χ3n) is 6.48. The van der Waals surface area contributed by atoms with Gasteiger partial charge in [0.15, 0.2) is 0 Å². The predicted octanol–water partition coefficient (Wildman–Crippen LogP) is 5.15. The first-order chi connectivity index (χ1) is 16.1. The molecule has 6 nitrogen and oxygen atoms in total. The number of nitrogens with zero attached hydrogens (tertiary/aromatic N) is 2. The third kappa shape index (κ3) is 4.47. The topological polar surface area (TPSA) is 70.2 Å². The smallest absolute Gasteiger partial charge is 0.259 e. The van der Waals surface area contributed by atoms with Gasteiger partial charge in [-0.25, -0.2) is 4.98 Å². The Labute approximate surface area is 193 Å². The summed E-state index contributed by atoms with van der Waals surface area (Å²) in [7, 11) is 3.83. The number of aromatic nitrogens is 2. The number of hydrogen-bond acceptors (Lipinski definition) is 5. The highest BCUT2D eigenvalue weighted by Crippen LogP contribution is 2.31. The Bertz CT molecular complexity index is 1320. The number of hydrogen-bond donors (Lipinski definition) is 2. The summed E-state index contributed by atoms with van der Waals surface area (Å²) in [6, 6.07) is 20.2. The summed E-state index contributed by atoms with van der Waals surface area (Å²) in [6.07, 6.45) is 4.04. The van der Waals surface area contributed by atoms with Gasteiger partial charge in [0.05, 0.1) is 18.2 Å². The van der Waals surface area contributed by atoms with Gasteiger partial charge in [-0.15, -0.1) is 0 Å². The number of H-pyrrole nitrogens is 1. The molecule has 0 radical (unpaired) electrons. The number of piperidine rings is 1. The van der Waals surface area contributed by atoms with Crippen LogP contribution < -0.4 is 15.6 Å². The molecule has 0 aliphatic carbocycles. The van der Waals surface area contributed by atoms with Crippen molar-refractivity contribution in [3.63, 3.8) is 0 Å². The molecule has 1 saturated heterocycles. The van der Waals surface area contributed by atoms with Crippen molar-refractivity contribution in [1.29, 1.82) is 0 Å². The standard InChI is InChI=1S/C27H28N4O2/c1-31-14-11-19(12-15-31)18-6-8-22(9-7-18)29-26-25-21(10-13-28-27(25)32)17-24(30-26)20-4-3-5-23(16-20)33-2/h3-10,13,16-17,19H,11-12,14-15H2,1-2H3,(H,28,32)(H,29,30). The zero-order valence-electron chi connectivity index (χ0n) is 19.0. The summed E-state index contributed by atoms with van der Waals surface area (Å²) in [4.78, 5) is 22.7. The van der Waals surface area contributed by atoms with Crippen LogP contribution >= 0.6 is 0 Å². The second-order valence-corrected chi connectivity index (χ2v) is 8.68. The first-order valence-electron chi connectivity index (χ1n) is 11.3. The first kappa shape index (κ1) is 21.2. The lowest BCUT2D eigenvalue weighted by Gasteiger charge is -2.29. The molecule has 0 atom stereocenters. The van der Waals surface area contributed by atoms with Crippen molar-refractivity contribution in [3.05, 3.63) is 82.8 Å². The molecule has 2 aromatic heterocycles. The van der Waals surface area contributed by atoms with Gasteiger partial charge in [-0.2, -0.15) is 0 Å². The molecule has 0 spiro atoms. The zero-order chi connectivity index (χ0) is 22.8. The van der Waals surface area contributed by atoms with Crippen molar-refractivity contribution < 1.29 is 4.74 Å². The van der Waals surface area contributed by atoms with E-state index in [-0.39, 0.29) is 5.56 Å². The van der Waals surface area contributed by atoms with Gasteiger partial charge in [0.1, 0.15) is 11.6 Å². The van der Waals surface area contributed by atoms with E-state index in [9.17, 15) is 4.79 Å². The lowest BCUT2D eigenvalue weighted by Crippen LogP contribution is -2.29. The molecular weight excluding hydrogens is 412 g/mol. The number of likely N-dealkylation sites (tertiary alicyclic amines) is 1. The molecule has 1 aliphatic heterocycles. The number of nitrogens with one attached hydrogen (secondary N) is 2. The normalized spacial score (nSPS) is 15.0. The molecule has 2 N–H and O–H groups in total. The molecule has 0 bridgehead atoms. The van der Waals surface area contributed by atoms with Gasteiger partial charge in [-0.3, -0.25) is 4.79 Å². The van der Waals surface area contributed by atoms with Crippen molar-refractivity contribution in [3.8, 4) is 17.0 Å². The SMILES string of the molecule is COc1cccc(-c2cc3cc[nH]c(=O)c3c(Nc3ccc(C4CCN(C)CC4)cc3)n2)c1. The van der Waals surface area contributed by atoms with E-state index in [1.807, 2.05) is 36.4 Å². The fourth-order valence-electron chi connectivity index (χ4n) is 4.55. The fourth-order valence-corrected chi connectivity index (χ4v) is 4.55. The molecule has 0 amide bonds. The maximum Gasteiger partial charge on any atom is 0.259 e. The van der Waals surface area contributed by atoms with Gasteiger partial charge < -0.3 is 19.9 Å². The number of methoxy groups -OCH3 is 1. The average molecular weight is 441 g/mol. The number of ether oxygens (including phenoxy) is 1. The summed E-state index contributed by atoms with van der Waals surface area (Å²) >= 11 is 0. The molecule has 168 valence electrons. The molecule has 4 aromatic rings. The first-order valence-corrected chi connectivity index (χ1v) is 11.3. The largest absolute Gasteiger partial charge is 0.497 e. The number of benzene rings is 2. The van der Waals surface area contributed by atoms with Crippen LogP contribution in [0.2, 0.25) is 0 Å². The summed E-state index contributed by atoms with van der Waals surface area (Å²) in [5.41, 5.74) is 3.82. The molecule has 33 heavy (non-hydrogen) atoms. The minimum atomic E-state index is -0.164. The average Bonchev–Trinajstić information content (AvgIpc) is 2.85. The van der Waals surface area contributed by atoms with Crippen LogP contribution in [-0.4, -0.2) is 42.1 Å². The maximum absolute atomic E-state index is 12.7. The van der Waals surface area contributed by atoms with E-state index in [1.54, 1.807) is 13.3 Å². The Kier molecular flexibility index (Phi) is 5.84. The van der Waals surface area contributed by atoms with E-state index in [2.05, 4.69) is 46.5 Å². The van der Waals surface area contributed by atoms with E-state index >= 15 is 0 Å². The summed E-state index contributed by atoms with van der Waals surface area (Å²) in [5.74, 6) is 1.91. The van der Waals surface area contributed by atoms with Crippen LogP contribution in [-0.2, 0) is 0 Å². The Morgan fingerprint density at radius 1 is 1.06 bits per heavy atom. The van der Waals surface area contributed by atoms with Crippen LogP contribution in [0.5, 0.6) is 5.75 Å². The van der Waals surface area contributed by atoms with Crippen LogP contribution in [0, 0.1) is 0 Å². The second kappa shape index (κ2) is 9.08. The molecule has 1 fully saturated rings. The monoisotopic (exact) mass is 440 g/mol. The molecule has 6 heteroatoms. The third-order valence-corrected chi connectivity index (χ3v) is 6.48. The van der Waals surface area contributed by atoms with E-state index in [0.717, 1.165) is 41.2 Å². The van der Waals surface area contributed by atoms with E-state index in [1.165, 1.54) is 18.4 Å². The van der Waals surface area contributed by atoms with E-state index < -0.39 is 0 Å². The van der Waals surface area contributed by atoms with Crippen LogP contribution in [0.3, 0.4) is 0 Å². The number of anilines is 2. The van der Waals surface area contributed by atoms with Crippen molar-refractivity contribution in [2.75, 3.05) is 32.6 Å². The van der Waals surface area contributed by atoms with Gasteiger partial charge in [0.2, 0.25) is 0 Å². The molecule has 0 saturated carbocycles.